The summed E-state index contributed by atoms with van der Waals surface area (Å²) in [7, 11) is 0. The number of benzene rings is 1. The molecule has 0 aliphatic carbocycles. The van der Waals surface area contributed by atoms with Crippen molar-refractivity contribution in [2.45, 2.75) is 0 Å². The number of halogens is 1. The van der Waals surface area contributed by atoms with Crippen molar-refractivity contribution in [2.24, 2.45) is 0 Å². The third kappa shape index (κ3) is 2.09. The molecule has 2 nitrogen and oxygen atoms in total. The predicted molar refractivity (Wildman–Crippen MR) is 47.6 cm³/mol. The summed E-state index contributed by atoms with van der Waals surface area (Å²) in [5.41, 5.74) is 0.445. The summed E-state index contributed by atoms with van der Waals surface area (Å²) in [5, 5.41) is 7.95. The van der Waals surface area contributed by atoms with Crippen LogP contribution in [-0.2, 0) is 0 Å². The Balaban J connectivity index is 3.10. The molecule has 0 radical (unpaired) electrons. The number of nitriles is 1. The third-order valence-corrected chi connectivity index (χ3v) is 2.86. The van der Waals surface area contributed by atoms with Crippen LogP contribution in [0.2, 0.25) is 0 Å². The Bertz CT molecular complexity index is 345. The number of rotatable bonds is 2. The van der Waals surface area contributed by atoms with Gasteiger partial charge in [0.15, 0.2) is 0 Å². The molecular formula is C8H4ClNOSe. The van der Waals surface area contributed by atoms with E-state index in [4.69, 9.17) is 16.9 Å². The monoisotopic (exact) mass is 245 g/mol. The summed E-state index contributed by atoms with van der Waals surface area (Å²) in [4.78, 5) is 12.8. The van der Waals surface area contributed by atoms with E-state index in [1.165, 1.54) is 0 Å². The first kappa shape index (κ1) is 9.28. The van der Waals surface area contributed by atoms with Crippen molar-refractivity contribution in [1.29, 1.82) is 5.26 Å². The van der Waals surface area contributed by atoms with Gasteiger partial charge in [0.1, 0.15) is 0 Å². The van der Waals surface area contributed by atoms with E-state index in [2.05, 4.69) is 0 Å². The van der Waals surface area contributed by atoms with Crippen molar-refractivity contribution >= 4 is 36.3 Å². The number of hydrogen-bond acceptors (Lipinski definition) is 2. The predicted octanol–water partition coefficient (Wildman–Crippen LogP) is 0.876. The molecule has 0 spiro atoms. The quantitative estimate of drug-likeness (QED) is 0.572. The van der Waals surface area contributed by atoms with E-state index < -0.39 is 5.24 Å². The standard InChI is InChI=1S/C8H4ClNOSe/c9-8(11)6-3-1-2-4-7(6)12-5-10/h1-4H. The molecule has 1 aromatic carbocycles. The first-order chi connectivity index (χ1) is 5.75. The van der Waals surface area contributed by atoms with Crippen LogP contribution in [-0.4, -0.2) is 20.2 Å². The SMILES string of the molecule is N#C[Se]c1ccccc1C(=O)Cl. The molecule has 0 unspecified atom stereocenters. The second-order valence-electron chi connectivity index (χ2n) is 1.96. The van der Waals surface area contributed by atoms with Gasteiger partial charge in [0.05, 0.1) is 0 Å². The van der Waals surface area contributed by atoms with Crippen LogP contribution in [0, 0.1) is 10.2 Å². The Hall–Kier alpha value is -0.811. The zero-order valence-electron chi connectivity index (χ0n) is 5.95. The first-order valence-electron chi connectivity index (χ1n) is 3.10. The van der Waals surface area contributed by atoms with Gasteiger partial charge in [-0.1, -0.05) is 0 Å². The molecule has 0 aliphatic heterocycles. The molecule has 1 rings (SSSR count). The molecule has 0 bridgehead atoms. The number of nitrogens with zero attached hydrogens (tertiary/aromatic N) is 1. The molecule has 4 heteroatoms. The molecule has 12 heavy (non-hydrogen) atoms. The molecule has 0 aromatic heterocycles. The van der Waals surface area contributed by atoms with Crippen LogP contribution >= 0.6 is 11.6 Å². The van der Waals surface area contributed by atoms with E-state index >= 15 is 0 Å². The van der Waals surface area contributed by atoms with Crippen LogP contribution in [0.25, 0.3) is 0 Å². The summed E-state index contributed by atoms with van der Waals surface area (Å²) < 4.78 is 0.743. The molecule has 0 saturated heterocycles. The van der Waals surface area contributed by atoms with Crippen molar-refractivity contribution in [1.82, 2.24) is 0 Å². The number of carbonyl (C=O) groups excluding carboxylic acids is 1. The maximum absolute atomic E-state index is 10.8. The Morgan fingerprint density at radius 1 is 1.50 bits per heavy atom. The molecule has 60 valence electrons. The second-order valence-corrected chi connectivity index (χ2v) is 4.04. The number of carbonyl (C=O) groups is 1. The van der Waals surface area contributed by atoms with Gasteiger partial charge in [0, 0.05) is 0 Å². The Morgan fingerprint density at radius 2 is 2.17 bits per heavy atom. The zero-order valence-corrected chi connectivity index (χ0v) is 8.42. The van der Waals surface area contributed by atoms with E-state index in [9.17, 15) is 4.79 Å². The fourth-order valence-corrected chi connectivity index (χ4v) is 2.14. The Kier molecular flexibility index (Phi) is 3.30. The molecule has 0 fully saturated rings. The van der Waals surface area contributed by atoms with Gasteiger partial charge >= 0.3 is 81.1 Å². The first-order valence-corrected chi connectivity index (χ1v) is 5.19. The van der Waals surface area contributed by atoms with Crippen molar-refractivity contribution in [3.05, 3.63) is 29.8 Å². The van der Waals surface area contributed by atoms with Crippen LogP contribution in [0.1, 0.15) is 10.4 Å². The van der Waals surface area contributed by atoms with E-state index in [0.29, 0.717) is 5.56 Å². The Labute approximate surface area is 81.3 Å². The molecule has 0 N–H and O–H groups in total. The van der Waals surface area contributed by atoms with Gasteiger partial charge in [0.2, 0.25) is 0 Å². The van der Waals surface area contributed by atoms with Crippen molar-refractivity contribution < 1.29 is 4.79 Å². The fraction of sp³-hybridized carbons (Fsp3) is 0. The minimum absolute atomic E-state index is 0.318. The maximum atomic E-state index is 10.8. The van der Waals surface area contributed by atoms with Gasteiger partial charge in [-0.3, -0.25) is 0 Å². The summed E-state index contributed by atoms with van der Waals surface area (Å²) in [6.45, 7) is 0. The van der Waals surface area contributed by atoms with Crippen LogP contribution in [0.15, 0.2) is 24.3 Å². The summed E-state index contributed by atoms with van der Waals surface area (Å²) >= 11 is 4.99. The second kappa shape index (κ2) is 4.27. The molecule has 1 aromatic rings. The Morgan fingerprint density at radius 3 is 2.75 bits per heavy atom. The van der Waals surface area contributed by atoms with Gasteiger partial charge in [-0.25, -0.2) is 0 Å². The van der Waals surface area contributed by atoms with Crippen molar-refractivity contribution in [3.8, 4) is 4.97 Å². The average Bonchev–Trinajstić information content (AvgIpc) is 2.05. The van der Waals surface area contributed by atoms with Crippen LogP contribution in [0.5, 0.6) is 0 Å². The van der Waals surface area contributed by atoms with Crippen LogP contribution in [0.4, 0.5) is 0 Å². The van der Waals surface area contributed by atoms with Crippen LogP contribution < -0.4 is 4.46 Å². The van der Waals surface area contributed by atoms with Gasteiger partial charge in [0.25, 0.3) is 0 Å². The molecule has 0 atom stereocenters. The summed E-state index contributed by atoms with van der Waals surface area (Å²) in [6, 6.07) is 6.90. The summed E-state index contributed by atoms with van der Waals surface area (Å²) in [6.07, 6.45) is 0. The topological polar surface area (TPSA) is 40.9 Å². The molecular weight excluding hydrogens is 241 g/mol. The van der Waals surface area contributed by atoms with Gasteiger partial charge < -0.3 is 0 Å². The molecule has 0 aliphatic rings. The van der Waals surface area contributed by atoms with E-state index in [-0.39, 0.29) is 15.0 Å². The van der Waals surface area contributed by atoms with Crippen molar-refractivity contribution in [2.75, 3.05) is 0 Å². The normalized spacial score (nSPS) is 9.00. The average molecular weight is 245 g/mol. The van der Waals surface area contributed by atoms with E-state index in [1.807, 2.05) is 4.97 Å². The van der Waals surface area contributed by atoms with Crippen LogP contribution in [0.3, 0.4) is 0 Å². The van der Waals surface area contributed by atoms with Gasteiger partial charge in [-0.05, 0) is 0 Å². The molecule has 0 heterocycles. The van der Waals surface area contributed by atoms with E-state index in [1.54, 1.807) is 24.3 Å². The molecule has 0 amide bonds. The van der Waals surface area contributed by atoms with Crippen molar-refractivity contribution in [3.63, 3.8) is 0 Å². The fourth-order valence-electron chi connectivity index (χ4n) is 0.767. The third-order valence-electron chi connectivity index (χ3n) is 1.25. The van der Waals surface area contributed by atoms with E-state index in [0.717, 1.165) is 4.46 Å². The van der Waals surface area contributed by atoms with Gasteiger partial charge in [-0.2, -0.15) is 0 Å². The summed E-state index contributed by atoms with van der Waals surface area (Å²) in [5.74, 6) is 0. The number of hydrogen-bond donors (Lipinski definition) is 0. The zero-order chi connectivity index (χ0) is 8.97. The molecule has 0 saturated carbocycles. The van der Waals surface area contributed by atoms with Gasteiger partial charge in [-0.15, -0.1) is 0 Å². The minimum atomic E-state index is -0.497.